The van der Waals surface area contributed by atoms with Crippen molar-refractivity contribution in [3.05, 3.63) is 64.0 Å². The number of hydrogen-bond acceptors (Lipinski definition) is 5. The lowest BCUT2D eigenvalue weighted by molar-refractivity contribution is -0.117. The molecule has 0 spiro atoms. The molecule has 1 aliphatic carbocycles. The van der Waals surface area contributed by atoms with Gasteiger partial charge in [-0.25, -0.2) is 14.4 Å². The SMILES string of the molecule is C=C/C(=C\N=C(/N)NC[C@]1(c2ncccc2Cl)C[C@H](F)C1)c1ncc(CC(N)=O)s1. The first-order chi connectivity index (χ1) is 14.3. The molecule has 0 saturated heterocycles. The number of primary amides is 1. The topological polar surface area (TPSA) is 119 Å². The second-order valence-corrected chi connectivity index (χ2v) is 8.57. The number of aliphatic imine (C=N–C) groups is 1. The summed E-state index contributed by atoms with van der Waals surface area (Å²) in [5.41, 5.74) is 12.0. The molecule has 2 aromatic heterocycles. The van der Waals surface area contributed by atoms with E-state index in [4.69, 9.17) is 23.1 Å². The number of aromatic nitrogens is 2. The average molecular weight is 449 g/mol. The Hall–Kier alpha value is -2.78. The smallest absolute Gasteiger partial charge is 0.222 e. The zero-order chi connectivity index (χ0) is 21.7. The minimum atomic E-state index is -0.894. The lowest BCUT2D eigenvalue weighted by Gasteiger charge is -2.44. The van der Waals surface area contributed by atoms with Crippen LogP contribution in [0.2, 0.25) is 5.02 Å². The number of carbonyl (C=O) groups is 1. The summed E-state index contributed by atoms with van der Waals surface area (Å²) in [4.78, 5) is 24.6. The maximum atomic E-state index is 13.7. The van der Waals surface area contributed by atoms with Crippen molar-refractivity contribution in [3.63, 3.8) is 0 Å². The Morgan fingerprint density at radius 3 is 2.87 bits per heavy atom. The van der Waals surface area contributed by atoms with Gasteiger partial charge in [-0.15, -0.1) is 11.3 Å². The molecular weight excluding hydrogens is 427 g/mol. The largest absolute Gasteiger partial charge is 0.370 e. The molecule has 3 rings (SSSR count). The molecule has 10 heteroatoms. The molecule has 0 unspecified atom stereocenters. The fourth-order valence-corrected chi connectivity index (χ4v) is 4.57. The van der Waals surface area contributed by atoms with Crippen molar-refractivity contribution >= 4 is 40.4 Å². The normalized spacial score (nSPS) is 21.7. The van der Waals surface area contributed by atoms with Crippen LogP contribution in [-0.2, 0) is 16.6 Å². The Morgan fingerprint density at radius 1 is 1.47 bits per heavy atom. The number of hydrogen-bond donors (Lipinski definition) is 3. The molecule has 30 heavy (non-hydrogen) atoms. The molecule has 2 aromatic rings. The average Bonchev–Trinajstić information content (AvgIpc) is 3.12. The standard InChI is InChI=1S/C20H22ClFN6OS/c1-2-12(18-26-10-14(30-18)6-16(23)29)9-27-19(24)28-11-20(7-13(22)8-20)17-15(21)4-3-5-25-17/h2-5,9-10,13H,1,6-8,11H2,(H2,23,29)(H3,24,27,28)/b12-9+/t13-,20-. The van der Waals surface area contributed by atoms with Gasteiger partial charge >= 0.3 is 0 Å². The van der Waals surface area contributed by atoms with Crippen LogP contribution in [0.5, 0.6) is 0 Å². The summed E-state index contributed by atoms with van der Waals surface area (Å²) in [6.45, 7) is 4.12. The van der Waals surface area contributed by atoms with E-state index in [2.05, 4.69) is 26.9 Å². The zero-order valence-electron chi connectivity index (χ0n) is 16.1. The Labute approximate surface area is 182 Å². The van der Waals surface area contributed by atoms with Crippen molar-refractivity contribution in [2.75, 3.05) is 6.54 Å². The van der Waals surface area contributed by atoms with Crippen LogP contribution in [0, 0.1) is 0 Å². The van der Waals surface area contributed by atoms with Crippen molar-refractivity contribution in [1.82, 2.24) is 15.3 Å². The van der Waals surface area contributed by atoms with E-state index in [1.807, 2.05) is 0 Å². The highest BCUT2D eigenvalue weighted by molar-refractivity contribution is 7.12. The molecule has 0 atom stereocenters. The molecule has 0 aliphatic heterocycles. The highest BCUT2D eigenvalue weighted by Crippen LogP contribution is 2.46. The van der Waals surface area contributed by atoms with Gasteiger partial charge in [-0.2, -0.15) is 0 Å². The quantitative estimate of drug-likeness (QED) is 0.326. The van der Waals surface area contributed by atoms with Crippen LogP contribution in [0.4, 0.5) is 4.39 Å². The number of pyridine rings is 1. The maximum Gasteiger partial charge on any atom is 0.222 e. The summed E-state index contributed by atoms with van der Waals surface area (Å²) in [7, 11) is 0. The predicted octanol–water partition coefficient (Wildman–Crippen LogP) is 2.72. The lowest BCUT2D eigenvalue weighted by atomic mass is 9.65. The number of allylic oxidation sites excluding steroid dienone is 2. The Balaban J connectivity index is 1.70. The number of nitrogens with two attached hydrogens (primary N) is 2. The summed E-state index contributed by atoms with van der Waals surface area (Å²) in [6.07, 6.45) is 6.24. The molecule has 7 nitrogen and oxygen atoms in total. The van der Waals surface area contributed by atoms with Gasteiger partial charge in [0.1, 0.15) is 11.2 Å². The highest BCUT2D eigenvalue weighted by atomic mass is 35.5. The fourth-order valence-electron chi connectivity index (χ4n) is 3.32. The van der Waals surface area contributed by atoms with Crippen LogP contribution in [0.1, 0.15) is 28.4 Å². The molecule has 1 amide bonds. The molecule has 0 radical (unpaired) electrons. The number of nitrogens with one attached hydrogen (secondary N) is 1. The third-order valence-electron chi connectivity index (χ3n) is 4.80. The van der Waals surface area contributed by atoms with E-state index < -0.39 is 17.5 Å². The summed E-state index contributed by atoms with van der Waals surface area (Å²) >= 11 is 7.61. The highest BCUT2D eigenvalue weighted by Gasteiger charge is 2.48. The van der Waals surface area contributed by atoms with Gasteiger partial charge in [-0.3, -0.25) is 9.78 Å². The van der Waals surface area contributed by atoms with Crippen molar-refractivity contribution < 1.29 is 9.18 Å². The van der Waals surface area contributed by atoms with Crippen LogP contribution in [0.15, 0.2) is 48.4 Å². The first-order valence-corrected chi connectivity index (χ1v) is 10.4. The Kier molecular flexibility index (Phi) is 6.84. The summed E-state index contributed by atoms with van der Waals surface area (Å²) in [6, 6.07) is 3.48. The van der Waals surface area contributed by atoms with Crippen LogP contribution < -0.4 is 16.8 Å². The minimum absolute atomic E-state index is 0.128. The fraction of sp³-hybridized carbons (Fsp3) is 0.300. The monoisotopic (exact) mass is 448 g/mol. The minimum Gasteiger partial charge on any atom is -0.370 e. The summed E-state index contributed by atoms with van der Waals surface area (Å²) < 4.78 is 13.7. The molecule has 158 valence electrons. The summed E-state index contributed by atoms with van der Waals surface area (Å²) in [5.74, 6) is -0.258. The first-order valence-electron chi connectivity index (χ1n) is 9.21. The second-order valence-electron chi connectivity index (χ2n) is 7.05. The Bertz CT molecular complexity index is 999. The third kappa shape index (κ3) is 5.03. The third-order valence-corrected chi connectivity index (χ3v) is 6.16. The zero-order valence-corrected chi connectivity index (χ0v) is 17.7. The maximum absolute atomic E-state index is 13.7. The lowest BCUT2D eigenvalue weighted by Crippen LogP contribution is -2.52. The number of rotatable bonds is 8. The number of alkyl halides is 1. The van der Waals surface area contributed by atoms with Crippen molar-refractivity contribution in [2.45, 2.75) is 30.8 Å². The van der Waals surface area contributed by atoms with Crippen LogP contribution in [0.3, 0.4) is 0 Å². The van der Waals surface area contributed by atoms with Crippen molar-refractivity contribution in [2.24, 2.45) is 16.5 Å². The van der Waals surface area contributed by atoms with Gasteiger partial charge in [0.05, 0.1) is 17.1 Å². The van der Waals surface area contributed by atoms with E-state index in [9.17, 15) is 9.18 Å². The molecule has 0 bridgehead atoms. The van der Waals surface area contributed by atoms with Crippen LogP contribution >= 0.6 is 22.9 Å². The molecule has 1 fully saturated rings. The number of guanidine groups is 1. The van der Waals surface area contributed by atoms with Gasteiger partial charge in [0.15, 0.2) is 5.96 Å². The molecule has 1 saturated carbocycles. The van der Waals surface area contributed by atoms with Gasteiger partial charge in [0, 0.05) is 41.0 Å². The van der Waals surface area contributed by atoms with Crippen LogP contribution in [-0.4, -0.2) is 34.6 Å². The number of amides is 1. The number of thiazole rings is 1. The van der Waals surface area contributed by atoms with Crippen molar-refractivity contribution in [1.29, 1.82) is 0 Å². The van der Waals surface area contributed by atoms with Gasteiger partial charge in [-0.1, -0.05) is 24.3 Å². The van der Waals surface area contributed by atoms with Gasteiger partial charge in [0.2, 0.25) is 5.91 Å². The summed E-state index contributed by atoms with van der Waals surface area (Å²) in [5, 5.41) is 4.19. The molecule has 0 aromatic carbocycles. The molecule has 2 heterocycles. The van der Waals surface area contributed by atoms with Crippen molar-refractivity contribution in [3.8, 4) is 0 Å². The molecular formula is C20H22ClFN6OS. The van der Waals surface area contributed by atoms with E-state index in [0.717, 1.165) is 4.88 Å². The van der Waals surface area contributed by atoms with E-state index in [-0.39, 0.29) is 12.4 Å². The molecule has 5 N–H and O–H groups in total. The second kappa shape index (κ2) is 9.36. The number of carbonyl (C=O) groups excluding carboxylic acids is 1. The van der Waals surface area contributed by atoms with Gasteiger partial charge in [0.25, 0.3) is 0 Å². The van der Waals surface area contributed by atoms with Crippen LogP contribution in [0.25, 0.3) is 5.57 Å². The number of halogens is 2. The first kappa shape index (κ1) is 21.9. The predicted molar refractivity (Wildman–Crippen MR) is 118 cm³/mol. The molecule has 1 aliphatic rings. The van der Waals surface area contributed by atoms with E-state index >= 15 is 0 Å². The van der Waals surface area contributed by atoms with E-state index in [1.54, 1.807) is 30.6 Å². The Morgan fingerprint density at radius 2 is 2.23 bits per heavy atom. The van der Waals surface area contributed by atoms with E-state index in [1.165, 1.54) is 17.5 Å². The number of nitrogens with zero attached hydrogens (tertiary/aromatic N) is 3. The van der Waals surface area contributed by atoms with Gasteiger partial charge < -0.3 is 16.8 Å². The van der Waals surface area contributed by atoms with Gasteiger partial charge in [-0.05, 0) is 25.0 Å². The van der Waals surface area contributed by atoms with E-state index in [0.29, 0.717) is 40.7 Å².